The number of carbonyl (C=O) groups excluding carboxylic acids is 3. The van der Waals surface area contributed by atoms with Crippen LogP contribution in [0.1, 0.15) is 57.8 Å². The van der Waals surface area contributed by atoms with Crippen LogP contribution in [0.2, 0.25) is 0 Å². The number of carboxylic acids is 1. The minimum Gasteiger partial charge on any atom is -0.478 e. The minimum atomic E-state index is -1.04. The maximum atomic E-state index is 13.0. The maximum absolute atomic E-state index is 13.0. The second-order valence-corrected chi connectivity index (χ2v) is 10.4. The predicted octanol–water partition coefficient (Wildman–Crippen LogP) is 4.93. The molecule has 7 nitrogen and oxygen atoms in total. The number of Topliss-reactive ketones (excluding diaryl/α,β-unsaturated/α-hetero) is 1. The highest BCUT2D eigenvalue weighted by Crippen LogP contribution is 2.62. The number of hydrogen-bond acceptors (Lipinski definition) is 6. The Morgan fingerprint density at radius 3 is 2.33 bits per heavy atom. The Kier molecular flexibility index (Phi) is 8.02. The Morgan fingerprint density at radius 2 is 1.81 bits per heavy atom. The van der Waals surface area contributed by atoms with E-state index < -0.39 is 30.1 Å². The van der Waals surface area contributed by atoms with Crippen molar-refractivity contribution in [2.75, 3.05) is 0 Å². The molecule has 5 atom stereocenters. The van der Waals surface area contributed by atoms with Crippen LogP contribution in [0.4, 0.5) is 0 Å². The van der Waals surface area contributed by atoms with Crippen molar-refractivity contribution in [3.8, 4) is 0 Å². The summed E-state index contributed by atoms with van der Waals surface area (Å²) in [4.78, 5) is 49.0. The molecule has 7 heteroatoms. The number of benzene rings is 1. The third-order valence-electron chi connectivity index (χ3n) is 7.24. The van der Waals surface area contributed by atoms with Crippen LogP contribution in [-0.2, 0) is 23.9 Å². The lowest BCUT2D eigenvalue weighted by Gasteiger charge is -2.27. The third-order valence-corrected chi connectivity index (χ3v) is 7.24. The van der Waals surface area contributed by atoms with Gasteiger partial charge in [-0.25, -0.2) is 9.59 Å². The Bertz CT molecular complexity index is 1130. The van der Waals surface area contributed by atoms with Crippen molar-refractivity contribution >= 4 is 23.7 Å². The van der Waals surface area contributed by atoms with Crippen molar-refractivity contribution in [3.05, 3.63) is 71.3 Å². The van der Waals surface area contributed by atoms with Gasteiger partial charge in [0.15, 0.2) is 11.9 Å². The first-order valence-corrected chi connectivity index (χ1v) is 12.1. The van der Waals surface area contributed by atoms with Gasteiger partial charge in [-0.05, 0) is 48.6 Å². The van der Waals surface area contributed by atoms with Crippen molar-refractivity contribution in [1.82, 2.24) is 0 Å². The summed E-state index contributed by atoms with van der Waals surface area (Å²) in [5.41, 5.74) is 1.03. The van der Waals surface area contributed by atoms with E-state index in [-0.39, 0.29) is 34.5 Å². The fraction of sp³-hybridized carbons (Fsp3) is 0.448. The standard InChI is InChI=1S/C29H34O7/c1-16-12-21(24(31)13-16)26(35-19(4)30)18(3)25(36-28(34)20-10-8-7-9-11-20)15-23-22(29(23,5)6)14-17(2)27(32)33/h7-12,14,16,22-23,25-26H,3,13,15H2,1-2,4-6H3,(H,32,33)/t16-,22+,23+,25+,26-/m0/s1. The normalized spacial score (nSPS) is 24.4. The topological polar surface area (TPSA) is 107 Å². The molecule has 0 amide bonds. The number of aliphatic carboxylic acids is 1. The number of ether oxygens (including phenoxy) is 2. The first-order valence-electron chi connectivity index (χ1n) is 12.1. The van der Waals surface area contributed by atoms with Crippen molar-refractivity contribution in [3.63, 3.8) is 0 Å². The van der Waals surface area contributed by atoms with Crippen LogP contribution in [-0.4, -0.2) is 41.0 Å². The van der Waals surface area contributed by atoms with Gasteiger partial charge in [-0.3, -0.25) is 9.59 Å². The average Bonchev–Trinajstić information content (AvgIpc) is 3.12. The summed E-state index contributed by atoms with van der Waals surface area (Å²) in [5.74, 6) is -2.31. The average molecular weight is 495 g/mol. The third kappa shape index (κ3) is 6.01. The summed E-state index contributed by atoms with van der Waals surface area (Å²) < 4.78 is 11.5. The Labute approximate surface area is 211 Å². The molecule has 192 valence electrons. The van der Waals surface area contributed by atoms with E-state index in [2.05, 4.69) is 6.58 Å². The van der Waals surface area contributed by atoms with E-state index in [1.54, 1.807) is 49.4 Å². The van der Waals surface area contributed by atoms with E-state index in [1.807, 2.05) is 20.8 Å². The van der Waals surface area contributed by atoms with Crippen LogP contribution in [0, 0.1) is 23.2 Å². The largest absolute Gasteiger partial charge is 0.478 e. The van der Waals surface area contributed by atoms with E-state index in [0.717, 1.165) is 0 Å². The molecule has 2 aliphatic carbocycles. The van der Waals surface area contributed by atoms with Gasteiger partial charge in [-0.2, -0.15) is 0 Å². The van der Waals surface area contributed by atoms with Gasteiger partial charge >= 0.3 is 17.9 Å². The van der Waals surface area contributed by atoms with Crippen LogP contribution in [0.3, 0.4) is 0 Å². The van der Waals surface area contributed by atoms with Gasteiger partial charge in [0.1, 0.15) is 6.10 Å². The summed E-state index contributed by atoms with van der Waals surface area (Å²) in [7, 11) is 0. The molecule has 0 heterocycles. The van der Waals surface area contributed by atoms with Crippen LogP contribution >= 0.6 is 0 Å². The lowest BCUT2D eigenvalue weighted by atomic mass is 9.92. The number of esters is 2. The molecule has 0 bridgehead atoms. The number of hydrogen-bond donors (Lipinski definition) is 1. The van der Waals surface area contributed by atoms with E-state index in [1.165, 1.54) is 6.92 Å². The predicted molar refractivity (Wildman–Crippen MR) is 134 cm³/mol. The van der Waals surface area contributed by atoms with Crippen LogP contribution in [0.25, 0.3) is 0 Å². The zero-order valence-electron chi connectivity index (χ0n) is 21.4. The Morgan fingerprint density at radius 1 is 1.17 bits per heavy atom. The molecule has 2 aliphatic rings. The quantitative estimate of drug-likeness (QED) is 0.279. The summed E-state index contributed by atoms with van der Waals surface area (Å²) in [6, 6.07) is 8.52. The lowest BCUT2D eigenvalue weighted by Crippen LogP contribution is -2.33. The fourth-order valence-corrected chi connectivity index (χ4v) is 4.96. The summed E-state index contributed by atoms with van der Waals surface area (Å²) in [6.45, 7) is 12.9. The van der Waals surface area contributed by atoms with Crippen molar-refractivity contribution in [1.29, 1.82) is 0 Å². The molecule has 0 saturated heterocycles. The molecular formula is C29H34O7. The number of allylic oxidation sites excluding steroid dienone is 2. The number of carboxylic acid groups (broad SMARTS) is 1. The molecule has 0 radical (unpaired) electrons. The van der Waals surface area contributed by atoms with Crippen LogP contribution < -0.4 is 0 Å². The highest BCUT2D eigenvalue weighted by molar-refractivity contribution is 6.00. The molecule has 1 N–H and O–H groups in total. The Hall–Kier alpha value is -3.48. The van der Waals surface area contributed by atoms with Crippen LogP contribution in [0.5, 0.6) is 0 Å². The zero-order valence-corrected chi connectivity index (χ0v) is 21.4. The lowest BCUT2D eigenvalue weighted by molar-refractivity contribution is -0.144. The second-order valence-electron chi connectivity index (χ2n) is 10.4. The van der Waals surface area contributed by atoms with Gasteiger partial charge in [0.05, 0.1) is 5.56 Å². The molecule has 0 unspecified atom stereocenters. The number of rotatable bonds is 10. The van der Waals surface area contributed by atoms with E-state index in [9.17, 15) is 24.3 Å². The molecule has 36 heavy (non-hydrogen) atoms. The van der Waals surface area contributed by atoms with Gasteiger partial charge in [0.2, 0.25) is 0 Å². The SMILES string of the molecule is C=C([C@H](OC(C)=O)C1=C[C@H](C)CC1=O)[C@@H](C[C@@H]1[C@@H](C=C(C)C(=O)O)C1(C)C)OC(=O)c1ccccc1. The van der Waals surface area contributed by atoms with Gasteiger partial charge in [0, 0.05) is 30.1 Å². The molecular weight excluding hydrogens is 460 g/mol. The van der Waals surface area contributed by atoms with Gasteiger partial charge in [-0.1, -0.05) is 57.7 Å². The van der Waals surface area contributed by atoms with Gasteiger partial charge in [-0.15, -0.1) is 0 Å². The first-order chi connectivity index (χ1) is 16.8. The zero-order chi connectivity index (χ0) is 26.8. The highest BCUT2D eigenvalue weighted by atomic mass is 16.6. The van der Waals surface area contributed by atoms with Gasteiger partial charge < -0.3 is 14.6 Å². The fourth-order valence-electron chi connectivity index (χ4n) is 4.96. The molecule has 3 rings (SSSR count). The van der Waals surface area contributed by atoms with Gasteiger partial charge in [0.25, 0.3) is 0 Å². The smallest absolute Gasteiger partial charge is 0.338 e. The monoisotopic (exact) mass is 494 g/mol. The molecule has 0 aliphatic heterocycles. The van der Waals surface area contributed by atoms with E-state index in [4.69, 9.17) is 9.47 Å². The number of carbonyl (C=O) groups is 4. The molecule has 0 spiro atoms. The highest BCUT2D eigenvalue weighted by Gasteiger charge is 2.57. The molecule has 0 aromatic heterocycles. The van der Waals surface area contributed by atoms with Crippen LogP contribution in [0.15, 0.2) is 65.8 Å². The minimum absolute atomic E-state index is 0.000413. The van der Waals surface area contributed by atoms with Crippen molar-refractivity contribution in [2.45, 2.75) is 59.7 Å². The molecule has 1 aromatic rings. The Balaban J connectivity index is 1.93. The number of ketones is 1. The van der Waals surface area contributed by atoms with E-state index >= 15 is 0 Å². The second kappa shape index (κ2) is 10.6. The summed E-state index contributed by atoms with van der Waals surface area (Å²) in [5, 5.41) is 9.32. The summed E-state index contributed by atoms with van der Waals surface area (Å²) >= 11 is 0. The molecule has 1 saturated carbocycles. The maximum Gasteiger partial charge on any atom is 0.338 e. The van der Waals surface area contributed by atoms with Crippen molar-refractivity contribution in [2.24, 2.45) is 23.2 Å². The molecule has 1 aromatic carbocycles. The molecule has 1 fully saturated rings. The van der Waals surface area contributed by atoms with Crippen molar-refractivity contribution < 1.29 is 33.8 Å². The summed E-state index contributed by atoms with van der Waals surface area (Å²) in [6.07, 6.45) is 2.27. The van der Waals surface area contributed by atoms with E-state index in [0.29, 0.717) is 29.6 Å². The first kappa shape index (κ1) is 27.1.